The third-order valence-electron chi connectivity index (χ3n) is 3.26. The molecule has 20 heavy (non-hydrogen) atoms. The fourth-order valence-corrected chi connectivity index (χ4v) is 2.22. The summed E-state index contributed by atoms with van der Waals surface area (Å²) in [5.74, 6) is 0. The van der Waals surface area contributed by atoms with Crippen molar-refractivity contribution in [2.45, 2.75) is 13.1 Å². The van der Waals surface area contributed by atoms with Crippen molar-refractivity contribution in [1.82, 2.24) is 4.98 Å². The fourth-order valence-electron chi connectivity index (χ4n) is 2.22. The molecule has 0 aliphatic carbocycles. The van der Waals surface area contributed by atoms with Crippen LogP contribution in [0.15, 0.2) is 52.9 Å². The Morgan fingerprint density at radius 1 is 1.10 bits per heavy atom. The third-order valence-corrected chi connectivity index (χ3v) is 3.26. The predicted octanol–water partition coefficient (Wildman–Crippen LogP) is 2.92. The number of hydrogen-bond acceptors (Lipinski definition) is 4. The summed E-state index contributed by atoms with van der Waals surface area (Å²) in [7, 11) is 1.97. The van der Waals surface area contributed by atoms with Gasteiger partial charge in [-0.2, -0.15) is 4.98 Å². The van der Waals surface area contributed by atoms with Crippen LogP contribution in [0.1, 0.15) is 11.1 Å². The number of nitrogens with zero attached hydrogens (tertiary/aromatic N) is 2. The molecule has 0 aliphatic rings. The molecule has 0 bridgehead atoms. The van der Waals surface area contributed by atoms with Crippen LogP contribution in [0.3, 0.4) is 0 Å². The fraction of sp³-hybridized carbons (Fsp3) is 0.188. The van der Waals surface area contributed by atoms with Crippen LogP contribution in [-0.2, 0) is 13.1 Å². The molecule has 0 radical (unpaired) electrons. The Labute approximate surface area is 117 Å². The molecule has 0 aliphatic heterocycles. The first kappa shape index (κ1) is 12.7. The van der Waals surface area contributed by atoms with E-state index >= 15 is 0 Å². The SMILES string of the molecule is CN(Cc1cccc(CN)c1)c1nc2ccccc2o1. The molecule has 0 amide bonds. The van der Waals surface area contributed by atoms with E-state index in [-0.39, 0.29) is 0 Å². The van der Waals surface area contributed by atoms with Crippen molar-refractivity contribution < 1.29 is 4.42 Å². The lowest BCUT2D eigenvalue weighted by molar-refractivity contribution is 0.582. The molecule has 1 heterocycles. The van der Waals surface area contributed by atoms with Crippen LogP contribution in [0.25, 0.3) is 11.1 Å². The summed E-state index contributed by atoms with van der Waals surface area (Å²) in [6.07, 6.45) is 0. The van der Waals surface area contributed by atoms with Crippen LogP contribution in [0.4, 0.5) is 6.01 Å². The smallest absolute Gasteiger partial charge is 0.298 e. The lowest BCUT2D eigenvalue weighted by Crippen LogP contribution is -2.16. The molecular formula is C16H17N3O. The molecule has 2 aromatic carbocycles. The van der Waals surface area contributed by atoms with E-state index < -0.39 is 0 Å². The van der Waals surface area contributed by atoms with Gasteiger partial charge in [0.15, 0.2) is 5.58 Å². The van der Waals surface area contributed by atoms with E-state index in [1.807, 2.05) is 48.3 Å². The second kappa shape index (κ2) is 5.35. The van der Waals surface area contributed by atoms with Crippen LogP contribution < -0.4 is 10.6 Å². The van der Waals surface area contributed by atoms with Gasteiger partial charge in [-0.3, -0.25) is 0 Å². The van der Waals surface area contributed by atoms with Gasteiger partial charge in [0.2, 0.25) is 0 Å². The summed E-state index contributed by atoms with van der Waals surface area (Å²) in [6, 6.07) is 16.7. The molecule has 0 saturated heterocycles. The molecule has 2 N–H and O–H groups in total. The van der Waals surface area contributed by atoms with Crippen LogP contribution in [0.5, 0.6) is 0 Å². The minimum Gasteiger partial charge on any atom is -0.423 e. The molecule has 102 valence electrons. The number of fused-ring (bicyclic) bond motifs is 1. The highest BCUT2D eigenvalue weighted by Crippen LogP contribution is 2.22. The van der Waals surface area contributed by atoms with Crippen LogP contribution in [-0.4, -0.2) is 12.0 Å². The second-order valence-corrected chi connectivity index (χ2v) is 4.84. The Morgan fingerprint density at radius 3 is 2.70 bits per heavy atom. The highest BCUT2D eigenvalue weighted by molar-refractivity contribution is 5.74. The van der Waals surface area contributed by atoms with Crippen molar-refractivity contribution >= 4 is 17.1 Å². The van der Waals surface area contributed by atoms with Gasteiger partial charge in [-0.25, -0.2) is 0 Å². The van der Waals surface area contributed by atoms with Crippen molar-refractivity contribution in [3.05, 3.63) is 59.7 Å². The number of rotatable bonds is 4. The zero-order valence-corrected chi connectivity index (χ0v) is 11.4. The van der Waals surface area contributed by atoms with Crippen LogP contribution in [0.2, 0.25) is 0 Å². The van der Waals surface area contributed by atoms with Crippen molar-refractivity contribution in [1.29, 1.82) is 0 Å². The quantitative estimate of drug-likeness (QED) is 0.789. The first-order valence-corrected chi connectivity index (χ1v) is 6.61. The van der Waals surface area contributed by atoms with Gasteiger partial charge in [0.25, 0.3) is 6.01 Å². The summed E-state index contributed by atoms with van der Waals surface area (Å²) < 4.78 is 5.75. The van der Waals surface area contributed by atoms with E-state index in [0.717, 1.165) is 23.2 Å². The number of para-hydroxylation sites is 2. The van der Waals surface area contributed by atoms with Crippen molar-refractivity contribution in [3.63, 3.8) is 0 Å². The maximum atomic E-state index is 5.75. The van der Waals surface area contributed by atoms with Crippen molar-refractivity contribution in [2.24, 2.45) is 5.73 Å². The molecule has 0 fully saturated rings. The summed E-state index contributed by atoms with van der Waals surface area (Å²) in [6.45, 7) is 1.29. The largest absolute Gasteiger partial charge is 0.423 e. The van der Waals surface area contributed by atoms with Crippen LogP contribution >= 0.6 is 0 Å². The summed E-state index contributed by atoms with van der Waals surface area (Å²) in [5.41, 5.74) is 9.68. The standard InChI is InChI=1S/C16H17N3O/c1-19(11-13-6-4-5-12(9-13)10-17)16-18-14-7-2-3-8-15(14)20-16/h2-9H,10-11,17H2,1H3. The molecule has 3 rings (SSSR count). The van der Waals surface area contributed by atoms with Crippen molar-refractivity contribution in [2.75, 3.05) is 11.9 Å². The lowest BCUT2D eigenvalue weighted by Gasteiger charge is -2.14. The monoisotopic (exact) mass is 267 g/mol. The minimum absolute atomic E-state index is 0.556. The highest BCUT2D eigenvalue weighted by atomic mass is 16.4. The number of anilines is 1. The van der Waals surface area contributed by atoms with E-state index in [9.17, 15) is 0 Å². The van der Waals surface area contributed by atoms with Gasteiger partial charge in [-0.05, 0) is 23.3 Å². The normalized spacial score (nSPS) is 10.9. The summed E-state index contributed by atoms with van der Waals surface area (Å²) in [5, 5.41) is 0. The molecule has 4 heteroatoms. The minimum atomic E-state index is 0.556. The van der Waals surface area contributed by atoms with Gasteiger partial charge in [0, 0.05) is 20.1 Å². The maximum absolute atomic E-state index is 5.75. The molecule has 3 aromatic rings. The summed E-state index contributed by atoms with van der Waals surface area (Å²) >= 11 is 0. The van der Waals surface area contributed by atoms with Gasteiger partial charge in [0.05, 0.1) is 0 Å². The van der Waals surface area contributed by atoms with E-state index in [0.29, 0.717) is 12.6 Å². The maximum Gasteiger partial charge on any atom is 0.298 e. The Morgan fingerprint density at radius 2 is 1.90 bits per heavy atom. The van der Waals surface area contributed by atoms with Crippen molar-refractivity contribution in [3.8, 4) is 0 Å². The van der Waals surface area contributed by atoms with Gasteiger partial charge in [-0.1, -0.05) is 36.4 Å². The number of benzene rings is 2. The van der Waals surface area contributed by atoms with Crippen LogP contribution in [0, 0.1) is 0 Å². The third kappa shape index (κ3) is 2.51. The van der Waals surface area contributed by atoms with E-state index in [2.05, 4.69) is 17.1 Å². The Balaban J connectivity index is 1.82. The highest BCUT2D eigenvalue weighted by Gasteiger charge is 2.10. The van der Waals surface area contributed by atoms with Gasteiger partial charge >= 0.3 is 0 Å². The number of oxazole rings is 1. The number of aromatic nitrogens is 1. The molecule has 4 nitrogen and oxygen atoms in total. The van der Waals surface area contributed by atoms with Gasteiger partial charge < -0.3 is 15.1 Å². The Bertz CT molecular complexity index is 687. The lowest BCUT2D eigenvalue weighted by atomic mass is 10.1. The average molecular weight is 267 g/mol. The first-order chi connectivity index (χ1) is 9.76. The molecular weight excluding hydrogens is 250 g/mol. The number of hydrogen-bond donors (Lipinski definition) is 1. The molecule has 0 atom stereocenters. The topological polar surface area (TPSA) is 55.3 Å². The first-order valence-electron chi connectivity index (χ1n) is 6.61. The number of nitrogens with two attached hydrogens (primary N) is 1. The zero-order valence-electron chi connectivity index (χ0n) is 11.4. The Kier molecular flexibility index (Phi) is 3.39. The van der Waals surface area contributed by atoms with Gasteiger partial charge in [0.1, 0.15) is 5.52 Å². The zero-order chi connectivity index (χ0) is 13.9. The second-order valence-electron chi connectivity index (χ2n) is 4.84. The van der Waals surface area contributed by atoms with E-state index in [4.69, 9.17) is 10.2 Å². The molecule has 0 saturated carbocycles. The Hall–Kier alpha value is -2.33. The molecule has 1 aromatic heterocycles. The van der Waals surface area contributed by atoms with E-state index in [1.165, 1.54) is 5.56 Å². The average Bonchev–Trinajstić information content (AvgIpc) is 2.91. The van der Waals surface area contributed by atoms with E-state index in [1.54, 1.807) is 0 Å². The molecule has 0 spiro atoms. The van der Waals surface area contributed by atoms with Gasteiger partial charge in [-0.15, -0.1) is 0 Å². The predicted molar refractivity (Wildman–Crippen MR) is 80.4 cm³/mol. The molecule has 0 unspecified atom stereocenters. The summed E-state index contributed by atoms with van der Waals surface area (Å²) in [4.78, 5) is 6.48.